The molecule has 6 heteroatoms. The van der Waals surface area contributed by atoms with Crippen molar-refractivity contribution in [3.05, 3.63) is 35.4 Å². The average Bonchev–Trinajstić information content (AvgIpc) is 2.60. The van der Waals surface area contributed by atoms with Crippen molar-refractivity contribution in [2.75, 3.05) is 47.1 Å². The van der Waals surface area contributed by atoms with Crippen LogP contribution in [0.15, 0.2) is 24.3 Å². The van der Waals surface area contributed by atoms with E-state index in [1.54, 1.807) is 19.1 Å². The van der Waals surface area contributed by atoms with Crippen molar-refractivity contribution in [3.8, 4) is 0 Å². The van der Waals surface area contributed by atoms with E-state index in [4.69, 9.17) is 9.47 Å². The monoisotopic (exact) mass is 320 g/mol. The Morgan fingerprint density at radius 3 is 2.30 bits per heavy atom. The van der Waals surface area contributed by atoms with E-state index in [0.29, 0.717) is 39.4 Å². The predicted molar refractivity (Wildman–Crippen MR) is 85.9 cm³/mol. The molecule has 0 fully saturated rings. The molecule has 0 N–H and O–H groups in total. The van der Waals surface area contributed by atoms with Gasteiger partial charge < -0.3 is 19.3 Å². The Labute approximate surface area is 137 Å². The molecule has 23 heavy (non-hydrogen) atoms. The average molecular weight is 320 g/mol. The van der Waals surface area contributed by atoms with Crippen molar-refractivity contribution in [1.82, 2.24) is 9.80 Å². The molecular formula is C17H24N2O4. The van der Waals surface area contributed by atoms with E-state index in [9.17, 15) is 9.59 Å². The van der Waals surface area contributed by atoms with Gasteiger partial charge in [0, 0.05) is 40.4 Å². The summed E-state index contributed by atoms with van der Waals surface area (Å²) in [6, 6.07) is 8.03. The number of hydrogen-bond acceptors (Lipinski definition) is 4. The molecule has 2 rings (SSSR count). The Morgan fingerprint density at radius 1 is 1.09 bits per heavy atom. The molecule has 0 aliphatic carbocycles. The highest BCUT2D eigenvalue weighted by Gasteiger charge is 2.29. The normalized spacial score (nSPS) is 13.6. The minimum Gasteiger partial charge on any atom is -0.383 e. The van der Waals surface area contributed by atoms with Gasteiger partial charge in [-0.1, -0.05) is 24.3 Å². The number of amides is 2. The van der Waals surface area contributed by atoms with Crippen molar-refractivity contribution in [2.24, 2.45) is 0 Å². The lowest BCUT2D eigenvalue weighted by atomic mass is 10.00. The molecule has 0 saturated heterocycles. The minimum absolute atomic E-state index is 0.384. The van der Waals surface area contributed by atoms with E-state index < -0.39 is 11.8 Å². The van der Waals surface area contributed by atoms with Gasteiger partial charge >= 0.3 is 11.8 Å². The zero-order valence-corrected chi connectivity index (χ0v) is 13.8. The number of fused-ring (bicyclic) bond motifs is 1. The highest BCUT2D eigenvalue weighted by Crippen LogP contribution is 2.18. The van der Waals surface area contributed by atoms with Gasteiger partial charge in [-0.3, -0.25) is 9.59 Å². The van der Waals surface area contributed by atoms with Crippen molar-refractivity contribution >= 4 is 11.8 Å². The maximum absolute atomic E-state index is 12.5. The van der Waals surface area contributed by atoms with Crippen LogP contribution in [0.1, 0.15) is 11.1 Å². The van der Waals surface area contributed by atoms with Gasteiger partial charge in [0.05, 0.1) is 13.2 Å². The van der Waals surface area contributed by atoms with Gasteiger partial charge in [0.15, 0.2) is 0 Å². The van der Waals surface area contributed by atoms with Gasteiger partial charge in [-0.05, 0) is 17.5 Å². The molecule has 1 aliphatic heterocycles. The second-order valence-electron chi connectivity index (χ2n) is 5.52. The lowest BCUT2D eigenvalue weighted by molar-refractivity contribution is -0.153. The lowest BCUT2D eigenvalue weighted by Gasteiger charge is -2.30. The SMILES string of the molecule is COCCN(CCOC)C(=O)C(=O)N1CCc2ccccc2C1. The van der Waals surface area contributed by atoms with Crippen LogP contribution in [-0.4, -0.2) is 68.7 Å². The van der Waals surface area contributed by atoms with E-state index in [1.807, 2.05) is 18.2 Å². The summed E-state index contributed by atoms with van der Waals surface area (Å²) >= 11 is 0. The number of carbonyl (C=O) groups is 2. The van der Waals surface area contributed by atoms with Crippen molar-refractivity contribution in [2.45, 2.75) is 13.0 Å². The highest BCUT2D eigenvalue weighted by atomic mass is 16.5. The van der Waals surface area contributed by atoms with Crippen molar-refractivity contribution in [3.63, 3.8) is 0 Å². The Balaban J connectivity index is 2.01. The summed E-state index contributed by atoms with van der Waals surface area (Å²) in [5.74, 6) is -0.940. The quantitative estimate of drug-likeness (QED) is 0.724. The molecule has 126 valence electrons. The van der Waals surface area contributed by atoms with Crippen LogP contribution < -0.4 is 0 Å². The molecule has 1 aromatic rings. The molecule has 6 nitrogen and oxygen atoms in total. The zero-order valence-electron chi connectivity index (χ0n) is 13.8. The number of hydrogen-bond donors (Lipinski definition) is 0. The Morgan fingerprint density at radius 2 is 1.70 bits per heavy atom. The van der Waals surface area contributed by atoms with E-state index in [2.05, 4.69) is 6.07 Å². The van der Waals surface area contributed by atoms with Gasteiger partial charge in [-0.15, -0.1) is 0 Å². The summed E-state index contributed by atoms with van der Waals surface area (Å²) < 4.78 is 10.0. The number of nitrogens with zero attached hydrogens (tertiary/aromatic N) is 2. The van der Waals surface area contributed by atoms with Crippen LogP contribution >= 0.6 is 0 Å². The first-order valence-electron chi connectivity index (χ1n) is 7.80. The second kappa shape index (κ2) is 8.64. The maximum Gasteiger partial charge on any atom is 0.312 e. The number of methoxy groups -OCH3 is 2. The first-order valence-corrected chi connectivity index (χ1v) is 7.80. The molecule has 0 bridgehead atoms. The fourth-order valence-corrected chi connectivity index (χ4v) is 2.66. The topological polar surface area (TPSA) is 59.1 Å². The summed E-state index contributed by atoms with van der Waals surface area (Å²) in [7, 11) is 3.14. The first-order chi connectivity index (χ1) is 11.2. The van der Waals surface area contributed by atoms with Crippen molar-refractivity contribution in [1.29, 1.82) is 0 Å². The third-order valence-electron chi connectivity index (χ3n) is 4.02. The molecule has 1 aliphatic rings. The molecule has 0 atom stereocenters. The van der Waals surface area contributed by atoms with E-state index >= 15 is 0 Å². The summed E-state index contributed by atoms with van der Waals surface area (Å²) in [5.41, 5.74) is 2.36. The third-order valence-corrected chi connectivity index (χ3v) is 4.02. The number of rotatable bonds is 6. The van der Waals surface area contributed by atoms with Gasteiger partial charge in [0.2, 0.25) is 0 Å². The van der Waals surface area contributed by atoms with E-state index in [-0.39, 0.29) is 0 Å². The van der Waals surface area contributed by atoms with E-state index in [1.165, 1.54) is 10.5 Å². The minimum atomic E-state index is -0.488. The number of benzene rings is 1. The highest BCUT2D eigenvalue weighted by molar-refractivity contribution is 6.34. The fraction of sp³-hybridized carbons (Fsp3) is 0.529. The Bertz CT molecular complexity index is 539. The molecule has 0 unspecified atom stereocenters. The second-order valence-corrected chi connectivity index (χ2v) is 5.52. The molecule has 1 heterocycles. The van der Waals surface area contributed by atoms with Crippen LogP contribution in [0, 0.1) is 0 Å². The van der Waals surface area contributed by atoms with Gasteiger partial charge in [-0.2, -0.15) is 0 Å². The molecule has 1 aromatic carbocycles. The van der Waals surface area contributed by atoms with Crippen LogP contribution in [0.4, 0.5) is 0 Å². The van der Waals surface area contributed by atoms with Crippen LogP contribution in [0.2, 0.25) is 0 Å². The fourth-order valence-electron chi connectivity index (χ4n) is 2.66. The maximum atomic E-state index is 12.5. The number of carbonyl (C=O) groups excluding carboxylic acids is 2. The molecule has 0 saturated carbocycles. The summed E-state index contributed by atoms with van der Waals surface area (Å²) in [5, 5.41) is 0. The predicted octanol–water partition coefficient (Wildman–Crippen LogP) is 0.693. The first kappa shape index (κ1) is 17.4. The Kier molecular flexibility index (Phi) is 6.55. The zero-order chi connectivity index (χ0) is 16.7. The Hall–Kier alpha value is -1.92. The van der Waals surface area contributed by atoms with Crippen LogP contribution in [0.3, 0.4) is 0 Å². The molecule has 0 radical (unpaired) electrons. The standard InChI is InChI=1S/C17H24N2O4/c1-22-11-9-18(10-12-23-2)16(20)17(21)19-8-7-14-5-3-4-6-15(14)13-19/h3-6H,7-13H2,1-2H3. The van der Waals surface area contributed by atoms with Crippen molar-refractivity contribution < 1.29 is 19.1 Å². The molecule has 2 amide bonds. The third kappa shape index (κ3) is 4.53. The van der Waals surface area contributed by atoms with Gasteiger partial charge in [0.1, 0.15) is 0 Å². The van der Waals surface area contributed by atoms with Crippen LogP contribution in [0.25, 0.3) is 0 Å². The molecule has 0 spiro atoms. The summed E-state index contributed by atoms with van der Waals surface area (Å²) in [6.45, 7) is 2.62. The van der Waals surface area contributed by atoms with Crippen LogP contribution in [0.5, 0.6) is 0 Å². The van der Waals surface area contributed by atoms with Gasteiger partial charge in [-0.25, -0.2) is 0 Å². The lowest BCUT2D eigenvalue weighted by Crippen LogP contribution is -2.48. The smallest absolute Gasteiger partial charge is 0.312 e. The number of ether oxygens (including phenoxy) is 2. The summed E-state index contributed by atoms with van der Waals surface area (Å²) in [6.07, 6.45) is 0.783. The van der Waals surface area contributed by atoms with Crippen LogP contribution in [-0.2, 0) is 32.0 Å². The molecular weight excluding hydrogens is 296 g/mol. The van der Waals surface area contributed by atoms with E-state index in [0.717, 1.165) is 12.0 Å². The van der Waals surface area contributed by atoms with Gasteiger partial charge in [0.25, 0.3) is 0 Å². The summed E-state index contributed by atoms with van der Waals surface area (Å²) in [4.78, 5) is 28.1. The molecule has 0 aromatic heterocycles. The largest absolute Gasteiger partial charge is 0.383 e.